The van der Waals surface area contributed by atoms with Crippen LogP contribution in [0.1, 0.15) is 6.04 Å². The van der Waals surface area contributed by atoms with E-state index in [0.717, 1.165) is 5.57 Å². The average Bonchev–Trinajstić information content (AvgIpc) is 2.81. The summed E-state index contributed by atoms with van der Waals surface area (Å²) in [5.74, 6) is 0.172. The van der Waals surface area contributed by atoms with Gasteiger partial charge in [-0.3, -0.25) is 0 Å². The van der Waals surface area contributed by atoms with Crippen LogP contribution in [-0.4, -0.2) is 42.9 Å². The van der Waals surface area contributed by atoms with E-state index >= 15 is 0 Å². The number of hydrogen-bond donors (Lipinski definition) is 3. The van der Waals surface area contributed by atoms with Crippen molar-refractivity contribution in [3.8, 4) is 0 Å². The lowest BCUT2D eigenvalue weighted by atomic mass is 9.66. The van der Waals surface area contributed by atoms with E-state index in [0.29, 0.717) is 17.0 Å². The molecule has 1 aliphatic carbocycles. The first kappa shape index (κ1) is 12.1. The van der Waals surface area contributed by atoms with E-state index in [1.54, 1.807) is 6.33 Å². The van der Waals surface area contributed by atoms with Crippen LogP contribution in [0.5, 0.6) is 0 Å². The number of aliphatic hydroxyl groups is 2. The van der Waals surface area contributed by atoms with Gasteiger partial charge in [-0.1, -0.05) is 6.58 Å². The smallest absolute Gasteiger partial charge is 0.165 e. The SMILES string of the molecule is C=C1[C@@H](CO)C(CO)[C@H]1n1cnc2c(N)ncnc21. The topological polar surface area (TPSA) is 110 Å². The molecule has 3 atom stereocenters. The fourth-order valence-electron chi connectivity index (χ4n) is 2.81. The molecule has 0 saturated heterocycles. The van der Waals surface area contributed by atoms with Gasteiger partial charge in [0.15, 0.2) is 11.5 Å². The quantitative estimate of drug-likeness (QED) is 0.656. The highest BCUT2D eigenvalue weighted by Crippen LogP contribution is 2.48. The molecule has 0 aliphatic heterocycles. The minimum atomic E-state index is -0.110. The molecule has 0 aromatic carbocycles. The van der Waals surface area contributed by atoms with Gasteiger partial charge in [0.1, 0.15) is 11.8 Å². The molecule has 2 heterocycles. The Morgan fingerprint density at radius 1 is 1.26 bits per heavy atom. The number of fused-ring (bicyclic) bond motifs is 1. The lowest BCUT2D eigenvalue weighted by Gasteiger charge is -2.46. The second-order valence-corrected chi connectivity index (χ2v) is 4.74. The number of aromatic nitrogens is 4. The molecule has 1 unspecified atom stereocenters. The Kier molecular flexibility index (Phi) is 2.72. The third-order valence-electron chi connectivity index (χ3n) is 3.87. The third kappa shape index (κ3) is 1.55. The van der Waals surface area contributed by atoms with Crippen LogP contribution >= 0.6 is 0 Å². The van der Waals surface area contributed by atoms with E-state index in [9.17, 15) is 10.2 Å². The molecule has 1 saturated carbocycles. The summed E-state index contributed by atoms with van der Waals surface area (Å²) in [7, 11) is 0. The maximum atomic E-state index is 9.46. The molecule has 100 valence electrons. The minimum Gasteiger partial charge on any atom is -0.396 e. The van der Waals surface area contributed by atoms with Crippen molar-refractivity contribution in [1.29, 1.82) is 0 Å². The Hall–Kier alpha value is -1.99. The van der Waals surface area contributed by atoms with Gasteiger partial charge >= 0.3 is 0 Å². The standard InChI is InChI=1S/C12H15N5O2/c1-6-7(2-18)8(3-19)10(6)17-5-16-9-11(13)14-4-15-12(9)17/h4-5,7-8,10,18-19H,1-3H2,(H2,13,14,15)/t7-,8?,10+/m1/s1. The van der Waals surface area contributed by atoms with Gasteiger partial charge in [-0.2, -0.15) is 0 Å². The number of imidazole rings is 1. The zero-order valence-corrected chi connectivity index (χ0v) is 10.3. The van der Waals surface area contributed by atoms with E-state index in [4.69, 9.17) is 5.73 Å². The van der Waals surface area contributed by atoms with Gasteiger partial charge in [0, 0.05) is 18.4 Å². The summed E-state index contributed by atoms with van der Waals surface area (Å²) < 4.78 is 1.84. The molecule has 0 amide bonds. The molecular weight excluding hydrogens is 246 g/mol. The molecule has 2 aromatic rings. The lowest BCUT2D eigenvalue weighted by molar-refractivity contribution is 0.0536. The van der Waals surface area contributed by atoms with Gasteiger partial charge in [-0.15, -0.1) is 0 Å². The molecule has 0 radical (unpaired) electrons. The summed E-state index contributed by atoms with van der Waals surface area (Å²) in [6.45, 7) is 3.95. The average molecular weight is 261 g/mol. The van der Waals surface area contributed by atoms with Gasteiger partial charge in [0.2, 0.25) is 0 Å². The molecule has 19 heavy (non-hydrogen) atoms. The lowest BCUT2D eigenvalue weighted by Crippen LogP contribution is -2.44. The monoisotopic (exact) mass is 261 g/mol. The first-order valence-corrected chi connectivity index (χ1v) is 6.02. The minimum absolute atomic E-state index is 0.00961. The zero-order valence-electron chi connectivity index (χ0n) is 10.3. The van der Waals surface area contributed by atoms with Crippen molar-refractivity contribution >= 4 is 17.0 Å². The van der Waals surface area contributed by atoms with E-state index in [2.05, 4.69) is 21.5 Å². The van der Waals surface area contributed by atoms with Crippen LogP contribution in [0.15, 0.2) is 24.8 Å². The van der Waals surface area contributed by atoms with Crippen molar-refractivity contribution in [1.82, 2.24) is 19.5 Å². The zero-order chi connectivity index (χ0) is 13.6. The van der Waals surface area contributed by atoms with E-state index in [1.165, 1.54) is 6.33 Å². The Morgan fingerprint density at radius 3 is 2.74 bits per heavy atom. The summed E-state index contributed by atoms with van der Waals surface area (Å²) in [5, 5.41) is 18.7. The predicted molar refractivity (Wildman–Crippen MR) is 69.1 cm³/mol. The van der Waals surface area contributed by atoms with Gasteiger partial charge in [-0.05, 0) is 5.57 Å². The van der Waals surface area contributed by atoms with Crippen molar-refractivity contribution in [2.24, 2.45) is 11.8 Å². The highest BCUT2D eigenvalue weighted by Gasteiger charge is 2.45. The Bertz CT molecular complexity index is 638. The van der Waals surface area contributed by atoms with Crippen molar-refractivity contribution in [3.05, 3.63) is 24.8 Å². The molecule has 1 fully saturated rings. The molecular formula is C12H15N5O2. The fourth-order valence-corrected chi connectivity index (χ4v) is 2.81. The summed E-state index contributed by atoms with van der Waals surface area (Å²) in [6.07, 6.45) is 3.01. The van der Waals surface area contributed by atoms with Gasteiger partial charge in [-0.25, -0.2) is 15.0 Å². The van der Waals surface area contributed by atoms with Crippen LogP contribution in [0.3, 0.4) is 0 Å². The molecule has 1 aliphatic rings. The van der Waals surface area contributed by atoms with Crippen LogP contribution in [0.4, 0.5) is 5.82 Å². The number of nitrogens with two attached hydrogens (primary N) is 1. The third-order valence-corrected chi connectivity index (χ3v) is 3.87. The van der Waals surface area contributed by atoms with Crippen LogP contribution in [0.2, 0.25) is 0 Å². The van der Waals surface area contributed by atoms with Crippen molar-refractivity contribution in [2.45, 2.75) is 6.04 Å². The van der Waals surface area contributed by atoms with Crippen LogP contribution in [-0.2, 0) is 0 Å². The highest BCUT2D eigenvalue weighted by molar-refractivity contribution is 5.81. The first-order valence-electron chi connectivity index (χ1n) is 6.02. The maximum Gasteiger partial charge on any atom is 0.165 e. The molecule has 0 spiro atoms. The normalized spacial score (nSPS) is 26.6. The molecule has 0 bridgehead atoms. The first-order chi connectivity index (χ1) is 9.19. The van der Waals surface area contributed by atoms with Crippen molar-refractivity contribution < 1.29 is 10.2 Å². The van der Waals surface area contributed by atoms with Crippen molar-refractivity contribution in [2.75, 3.05) is 18.9 Å². The number of nitrogens with zero attached hydrogens (tertiary/aromatic N) is 4. The number of nitrogen functional groups attached to an aromatic ring is 1. The van der Waals surface area contributed by atoms with E-state index in [-0.39, 0.29) is 31.1 Å². The predicted octanol–water partition coefficient (Wildman–Crippen LogP) is -0.264. The second kappa shape index (κ2) is 4.29. The largest absolute Gasteiger partial charge is 0.396 e. The summed E-state index contributed by atoms with van der Waals surface area (Å²) in [5.41, 5.74) is 7.78. The van der Waals surface area contributed by atoms with Crippen LogP contribution < -0.4 is 5.73 Å². The molecule has 4 N–H and O–H groups in total. The summed E-state index contributed by atoms with van der Waals surface area (Å²) in [6, 6.07) is -0.110. The van der Waals surface area contributed by atoms with Crippen molar-refractivity contribution in [3.63, 3.8) is 0 Å². The number of hydrogen-bond acceptors (Lipinski definition) is 6. The van der Waals surface area contributed by atoms with Gasteiger partial charge in [0.05, 0.1) is 19.0 Å². The van der Waals surface area contributed by atoms with E-state index < -0.39 is 0 Å². The van der Waals surface area contributed by atoms with Crippen LogP contribution in [0, 0.1) is 11.8 Å². The number of anilines is 1. The fraction of sp³-hybridized carbons (Fsp3) is 0.417. The summed E-state index contributed by atoms with van der Waals surface area (Å²) >= 11 is 0. The molecule has 7 heteroatoms. The maximum absolute atomic E-state index is 9.46. The van der Waals surface area contributed by atoms with Gasteiger partial charge in [0.25, 0.3) is 0 Å². The Morgan fingerprint density at radius 2 is 2.05 bits per heavy atom. The summed E-state index contributed by atoms with van der Waals surface area (Å²) in [4.78, 5) is 12.3. The van der Waals surface area contributed by atoms with E-state index in [1.807, 2.05) is 4.57 Å². The van der Waals surface area contributed by atoms with Gasteiger partial charge < -0.3 is 20.5 Å². The number of aliphatic hydroxyl groups excluding tert-OH is 2. The second-order valence-electron chi connectivity index (χ2n) is 4.74. The molecule has 3 rings (SSSR count). The van der Waals surface area contributed by atoms with Crippen LogP contribution in [0.25, 0.3) is 11.2 Å². The molecule has 2 aromatic heterocycles. The Balaban J connectivity index is 2.06. The molecule has 7 nitrogen and oxygen atoms in total. The number of rotatable bonds is 3. The highest BCUT2D eigenvalue weighted by atomic mass is 16.3. The Labute approximate surface area is 109 Å².